The van der Waals surface area contributed by atoms with Gasteiger partial charge >= 0.3 is 0 Å². The Hall–Kier alpha value is -4.22. The number of primary amides is 1. The summed E-state index contributed by atoms with van der Waals surface area (Å²) in [4.78, 5) is 43.2. The average Bonchev–Trinajstić information content (AvgIpc) is 3.60. The summed E-state index contributed by atoms with van der Waals surface area (Å²) in [6.45, 7) is 6.62. The molecule has 10 nitrogen and oxygen atoms in total. The molecule has 210 valence electrons. The summed E-state index contributed by atoms with van der Waals surface area (Å²) in [7, 11) is 0. The van der Waals surface area contributed by atoms with Crippen LogP contribution in [0.15, 0.2) is 76.2 Å². The minimum absolute atomic E-state index is 0.279. The first-order valence-electron chi connectivity index (χ1n) is 13.5. The Bertz CT molecular complexity index is 1630. The van der Waals surface area contributed by atoms with Crippen LogP contribution in [-0.4, -0.2) is 65.2 Å². The topological polar surface area (TPSA) is 132 Å². The normalized spacial score (nSPS) is 20.7. The van der Waals surface area contributed by atoms with Gasteiger partial charge in [0.1, 0.15) is 0 Å². The van der Waals surface area contributed by atoms with Crippen LogP contribution in [-0.2, 0) is 21.7 Å². The van der Waals surface area contributed by atoms with E-state index in [0.29, 0.717) is 5.56 Å². The number of H-pyrrole nitrogens is 1. The lowest BCUT2D eigenvalue weighted by atomic mass is 9.80. The molecule has 2 aliphatic rings. The van der Waals surface area contributed by atoms with Crippen LogP contribution in [0.25, 0.3) is 11.0 Å². The van der Waals surface area contributed by atoms with Crippen LogP contribution < -0.4 is 21.3 Å². The number of aliphatic imine (C=N–C) groups is 1. The molecule has 41 heavy (non-hydrogen) atoms. The maximum absolute atomic E-state index is 13.5. The number of benzene rings is 3. The molecule has 2 aliphatic heterocycles. The highest BCUT2D eigenvalue weighted by Crippen LogP contribution is 2.35. The molecule has 0 aliphatic carbocycles. The van der Waals surface area contributed by atoms with Crippen molar-refractivity contribution in [2.45, 2.75) is 25.0 Å². The molecule has 0 spiro atoms. The summed E-state index contributed by atoms with van der Waals surface area (Å²) in [5, 5.41) is 5.79. The number of piperazine rings is 1. The monoisotopic (exact) mass is 614 g/mol. The summed E-state index contributed by atoms with van der Waals surface area (Å²) in [6, 6.07) is 21.0. The largest absolute Gasteiger partial charge is 0.369 e. The van der Waals surface area contributed by atoms with Crippen molar-refractivity contribution in [3.63, 3.8) is 0 Å². The van der Waals surface area contributed by atoms with Crippen molar-refractivity contribution < 1.29 is 9.59 Å². The van der Waals surface area contributed by atoms with Gasteiger partial charge in [0, 0.05) is 42.9 Å². The van der Waals surface area contributed by atoms with Crippen molar-refractivity contribution >= 4 is 56.8 Å². The first kappa shape index (κ1) is 27.0. The number of fused-ring (bicyclic) bond motifs is 1. The molecule has 11 heteroatoms. The van der Waals surface area contributed by atoms with Crippen LogP contribution in [0.2, 0.25) is 0 Å². The number of carbonyl (C=O) groups excluding carboxylic acids is 2. The molecule has 1 fully saturated rings. The van der Waals surface area contributed by atoms with Crippen molar-refractivity contribution in [1.29, 1.82) is 0 Å². The van der Waals surface area contributed by atoms with Crippen molar-refractivity contribution in [1.82, 2.24) is 20.2 Å². The molecule has 0 radical (unpaired) electrons. The minimum atomic E-state index is -1.53. The van der Waals surface area contributed by atoms with E-state index in [4.69, 9.17) is 5.73 Å². The number of imidazole rings is 1. The van der Waals surface area contributed by atoms with E-state index in [1.807, 2.05) is 31.2 Å². The number of amides is 2. The van der Waals surface area contributed by atoms with Gasteiger partial charge in [-0.05, 0) is 53.9 Å². The number of aryl methyl sites for hydroxylation is 1. The molecule has 0 saturated carbocycles. The fourth-order valence-electron chi connectivity index (χ4n) is 5.70. The number of hydrogen-bond donors (Lipinski definition) is 4. The van der Waals surface area contributed by atoms with Crippen LogP contribution in [0.4, 0.5) is 11.6 Å². The molecule has 6 rings (SSSR count). The van der Waals surface area contributed by atoms with E-state index in [2.05, 4.69) is 87.7 Å². The number of hydrogen-bond acceptors (Lipinski definition) is 7. The maximum atomic E-state index is 13.5. The zero-order chi connectivity index (χ0) is 28.6. The number of carbonyl (C=O) groups is 2. The standard InChI is InChI=1S/C30H31BrN8O2/c1-19-7-8-21(31)15-23(19)30(28(32)41)26(33-18-34-30)27(40)37-29-35-24-10-9-22(16-25(24)36-29)39-13-11-38(12-14-39)17-20-5-3-2-4-6-20/h2-10,15-16,18,26H,11-14,17H2,1H3,(H2,32,41)(H,33,34)(H2,35,36,37,40). The lowest BCUT2D eigenvalue weighted by Crippen LogP contribution is -2.59. The third kappa shape index (κ3) is 5.18. The number of aromatic nitrogens is 2. The van der Waals surface area contributed by atoms with Crippen molar-refractivity contribution in [2.75, 3.05) is 36.4 Å². The molecular weight excluding hydrogens is 584 g/mol. The van der Waals surface area contributed by atoms with E-state index in [9.17, 15) is 9.59 Å². The molecule has 3 heterocycles. The summed E-state index contributed by atoms with van der Waals surface area (Å²) >= 11 is 3.46. The second-order valence-corrected chi connectivity index (χ2v) is 11.4. The van der Waals surface area contributed by atoms with E-state index in [1.54, 1.807) is 6.07 Å². The summed E-state index contributed by atoms with van der Waals surface area (Å²) in [5.41, 5.74) is 9.71. The molecule has 2 atom stereocenters. The van der Waals surface area contributed by atoms with Gasteiger partial charge in [0.15, 0.2) is 11.6 Å². The number of nitrogens with zero attached hydrogens (tertiary/aromatic N) is 4. The Morgan fingerprint density at radius 3 is 2.61 bits per heavy atom. The molecule has 0 bridgehead atoms. The Balaban J connectivity index is 1.16. The smallest absolute Gasteiger partial charge is 0.254 e. The molecule has 4 aromatic rings. The van der Waals surface area contributed by atoms with Gasteiger partial charge in [-0.1, -0.05) is 52.3 Å². The van der Waals surface area contributed by atoms with Gasteiger partial charge < -0.3 is 20.9 Å². The second-order valence-electron chi connectivity index (χ2n) is 10.5. The number of rotatable bonds is 7. The van der Waals surface area contributed by atoms with E-state index in [-0.39, 0.29) is 5.95 Å². The fourth-order valence-corrected chi connectivity index (χ4v) is 6.06. The van der Waals surface area contributed by atoms with Gasteiger partial charge in [-0.3, -0.25) is 24.8 Å². The Morgan fingerprint density at radius 1 is 1.07 bits per heavy atom. The van der Waals surface area contributed by atoms with Crippen molar-refractivity contribution in [2.24, 2.45) is 10.7 Å². The zero-order valence-electron chi connectivity index (χ0n) is 22.6. The summed E-state index contributed by atoms with van der Waals surface area (Å²) in [6.07, 6.45) is 1.36. The van der Waals surface area contributed by atoms with E-state index < -0.39 is 23.4 Å². The Morgan fingerprint density at radius 2 is 1.85 bits per heavy atom. The predicted octanol–water partition coefficient (Wildman–Crippen LogP) is 3.28. The quantitative estimate of drug-likeness (QED) is 0.253. The summed E-state index contributed by atoms with van der Waals surface area (Å²) < 4.78 is 0.761. The van der Waals surface area contributed by atoms with Crippen LogP contribution >= 0.6 is 15.9 Å². The maximum Gasteiger partial charge on any atom is 0.254 e. The number of nitrogens with two attached hydrogens (primary N) is 1. The van der Waals surface area contributed by atoms with Crippen LogP contribution in [0.3, 0.4) is 0 Å². The lowest BCUT2D eigenvalue weighted by Gasteiger charge is -2.36. The van der Waals surface area contributed by atoms with E-state index >= 15 is 0 Å². The number of anilines is 2. The van der Waals surface area contributed by atoms with Crippen molar-refractivity contribution in [3.8, 4) is 0 Å². The second kappa shape index (κ2) is 11.0. The van der Waals surface area contributed by atoms with Gasteiger partial charge in [0.25, 0.3) is 11.8 Å². The molecule has 1 saturated heterocycles. The van der Waals surface area contributed by atoms with Gasteiger partial charge in [0.05, 0.1) is 17.4 Å². The van der Waals surface area contributed by atoms with Crippen molar-refractivity contribution in [3.05, 3.63) is 87.9 Å². The van der Waals surface area contributed by atoms with Crippen LogP contribution in [0.5, 0.6) is 0 Å². The van der Waals surface area contributed by atoms with Gasteiger partial charge in [-0.15, -0.1) is 0 Å². The van der Waals surface area contributed by atoms with Crippen LogP contribution in [0.1, 0.15) is 16.7 Å². The first-order valence-corrected chi connectivity index (χ1v) is 14.3. The number of halogens is 1. The van der Waals surface area contributed by atoms with Crippen LogP contribution in [0, 0.1) is 6.92 Å². The molecule has 3 aromatic carbocycles. The predicted molar refractivity (Wildman–Crippen MR) is 164 cm³/mol. The van der Waals surface area contributed by atoms with E-state index in [0.717, 1.165) is 59.5 Å². The first-order chi connectivity index (χ1) is 19.8. The number of aromatic amines is 1. The van der Waals surface area contributed by atoms with Gasteiger partial charge in [-0.25, -0.2) is 4.98 Å². The molecule has 1 aromatic heterocycles. The highest BCUT2D eigenvalue weighted by molar-refractivity contribution is 9.10. The molecular formula is C30H31BrN8O2. The lowest BCUT2D eigenvalue weighted by molar-refractivity contribution is -0.129. The third-order valence-corrected chi connectivity index (χ3v) is 8.37. The average molecular weight is 616 g/mol. The van der Waals surface area contributed by atoms with E-state index in [1.165, 1.54) is 11.9 Å². The Labute approximate surface area is 246 Å². The number of nitrogens with one attached hydrogen (secondary N) is 3. The van der Waals surface area contributed by atoms with Gasteiger partial charge in [-0.2, -0.15) is 0 Å². The molecule has 2 unspecified atom stereocenters. The highest BCUT2D eigenvalue weighted by Gasteiger charge is 2.53. The summed E-state index contributed by atoms with van der Waals surface area (Å²) in [5.74, 6) is -0.922. The SMILES string of the molecule is Cc1ccc(Br)cc1C1(C(N)=O)NC=NC1C(=O)Nc1nc2ccc(N3CCN(Cc4ccccc4)CC3)cc2[nH]1. The molecule has 2 amide bonds. The Kier molecular flexibility index (Phi) is 7.22. The third-order valence-electron chi connectivity index (χ3n) is 7.88. The fraction of sp³-hybridized carbons (Fsp3) is 0.267. The highest BCUT2D eigenvalue weighted by atomic mass is 79.9. The van der Waals surface area contributed by atoms with Gasteiger partial charge in [0.2, 0.25) is 5.95 Å². The molecule has 5 N–H and O–H groups in total. The zero-order valence-corrected chi connectivity index (χ0v) is 24.2. The minimum Gasteiger partial charge on any atom is -0.369 e.